The summed E-state index contributed by atoms with van der Waals surface area (Å²) < 4.78 is 6.28. The highest BCUT2D eigenvalue weighted by Crippen LogP contribution is 2.37. The van der Waals surface area contributed by atoms with Crippen molar-refractivity contribution < 1.29 is 4.42 Å². The molecule has 0 aliphatic rings. The molecule has 4 aromatic heterocycles. The van der Waals surface area contributed by atoms with Gasteiger partial charge in [-0.05, 0) is 98.4 Å². The van der Waals surface area contributed by atoms with Crippen molar-refractivity contribution in [1.29, 1.82) is 0 Å². The van der Waals surface area contributed by atoms with E-state index in [1.54, 1.807) is 12.4 Å². The molecule has 0 aliphatic carbocycles. The molecule has 50 heavy (non-hydrogen) atoms. The van der Waals surface area contributed by atoms with Crippen LogP contribution in [0.1, 0.15) is 0 Å². The average molecular weight is 642 g/mol. The first-order chi connectivity index (χ1) is 24.7. The number of hydrogen-bond donors (Lipinski definition) is 0. The van der Waals surface area contributed by atoms with Gasteiger partial charge in [0.25, 0.3) is 0 Å². The molecule has 6 aromatic carbocycles. The van der Waals surface area contributed by atoms with Gasteiger partial charge in [0.15, 0.2) is 11.2 Å². The summed E-state index contributed by atoms with van der Waals surface area (Å²) in [6.07, 6.45) is 3.54. The largest absolute Gasteiger partial charge is 0.436 e. The molecule has 0 aliphatic heterocycles. The summed E-state index contributed by atoms with van der Waals surface area (Å²) in [5.74, 6) is 0.496. The first kappa shape index (κ1) is 28.1. The quantitative estimate of drug-likeness (QED) is 0.186. The van der Waals surface area contributed by atoms with Gasteiger partial charge in [-0.1, -0.05) is 97.1 Å². The molecule has 0 saturated heterocycles. The van der Waals surface area contributed by atoms with Crippen LogP contribution in [0.25, 0.3) is 77.0 Å². The number of rotatable bonds is 5. The number of furan rings is 1. The smallest absolute Gasteiger partial charge is 0.237 e. The maximum absolute atomic E-state index is 6.28. The SMILES string of the molecule is c1ccc2cc(-c3ccc(N(c4ccc(-c5ccc6ccccc6c5)cc4)c4ncc5c(n4)oc4cc6cccnc6nc45)cc3)ccc2c1. The molecule has 10 aromatic rings. The Balaban J connectivity index is 1.08. The second kappa shape index (κ2) is 11.4. The van der Waals surface area contributed by atoms with Crippen molar-refractivity contribution in [2.24, 2.45) is 0 Å². The van der Waals surface area contributed by atoms with Gasteiger partial charge in [0.1, 0.15) is 5.52 Å². The number of hydrogen-bond acceptors (Lipinski definition) is 6. The van der Waals surface area contributed by atoms with Gasteiger partial charge in [-0.25, -0.2) is 15.0 Å². The summed E-state index contributed by atoms with van der Waals surface area (Å²) in [4.78, 5) is 21.1. The second-order valence-electron chi connectivity index (χ2n) is 12.4. The molecule has 6 nitrogen and oxygen atoms in total. The van der Waals surface area contributed by atoms with E-state index >= 15 is 0 Å². The van der Waals surface area contributed by atoms with E-state index in [9.17, 15) is 0 Å². The topological polar surface area (TPSA) is 67.9 Å². The van der Waals surface area contributed by atoms with Crippen LogP contribution in [-0.4, -0.2) is 19.9 Å². The highest BCUT2D eigenvalue weighted by atomic mass is 16.3. The summed E-state index contributed by atoms with van der Waals surface area (Å²) in [6.45, 7) is 0. The molecule has 0 unspecified atom stereocenters. The Hall–Kier alpha value is -6.92. The van der Waals surface area contributed by atoms with E-state index in [1.807, 2.05) is 18.2 Å². The number of fused-ring (bicyclic) bond motifs is 6. The number of pyridine rings is 2. The molecular formula is C44H27N5O. The molecule has 0 saturated carbocycles. The Morgan fingerprint density at radius 1 is 0.460 bits per heavy atom. The monoisotopic (exact) mass is 641 g/mol. The van der Waals surface area contributed by atoms with Crippen LogP contribution in [0.4, 0.5) is 17.3 Å². The van der Waals surface area contributed by atoms with Gasteiger partial charge in [0, 0.05) is 29.2 Å². The first-order valence-corrected chi connectivity index (χ1v) is 16.5. The predicted molar refractivity (Wildman–Crippen MR) is 203 cm³/mol. The Morgan fingerprint density at radius 3 is 1.64 bits per heavy atom. The summed E-state index contributed by atoms with van der Waals surface area (Å²) >= 11 is 0. The van der Waals surface area contributed by atoms with Crippen molar-refractivity contribution in [1.82, 2.24) is 19.9 Å². The molecule has 0 N–H and O–H groups in total. The van der Waals surface area contributed by atoms with Gasteiger partial charge in [-0.15, -0.1) is 0 Å². The highest BCUT2D eigenvalue weighted by molar-refractivity contribution is 6.04. The van der Waals surface area contributed by atoms with Crippen molar-refractivity contribution in [3.63, 3.8) is 0 Å². The minimum absolute atomic E-state index is 0.471. The zero-order valence-corrected chi connectivity index (χ0v) is 26.7. The van der Waals surface area contributed by atoms with Crippen LogP contribution in [-0.2, 0) is 0 Å². The fraction of sp³-hybridized carbons (Fsp3) is 0. The van der Waals surface area contributed by atoms with Crippen LogP contribution >= 0.6 is 0 Å². The van der Waals surface area contributed by atoms with Crippen LogP contribution in [0.5, 0.6) is 0 Å². The number of anilines is 3. The normalized spacial score (nSPS) is 11.6. The summed E-state index contributed by atoms with van der Waals surface area (Å²) in [7, 11) is 0. The van der Waals surface area contributed by atoms with Crippen molar-refractivity contribution in [2.45, 2.75) is 0 Å². The first-order valence-electron chi connectivity index (χ1n) is 16.5. The van der Waals surface area contributed by atoms with E-state index in [-0.39, 0.29) is 0 Å². The summed E-state index contributed by atoms with van der Waals surface area (Å²) in [6, 6.07) is 52.9. The van der Waals surface area contributed by atoms with Crippen molar-refractivity contribution in [3.8, 4) is 22.3 Å². The standard InChI is InChI=1S/C44H27N5O/c1-3-8-32-24-34(13-11-28(32)6-1)30-15-19-37(20-16-30)49(38-21-17-31(18-22-38)35-14-12-29-7-2-4-9-33(29)25-35)44-46-27-39-41-40(50-43(39)48-44)26-36-10-5-23-45-42(36)47-41/h1-27H. The van der Waals surface area contributed by atoms with Crippen LogP contribution < -0.4 is 4.90 Å². The van der Waals surface area contributed by atoms with Crippen LogP contribution in [0.2, 0.25) is 0 Å². The Morgan fingerprint density at radius 2 is 1.02 bits per heavy atom. The van der Waals surface area contributed by atoms with E-state index in [2.05, 4.69) is 143 Å². The Bertz CT molecular complexity index is 2760. The lowest BCUT2D eigenvalue weighted by molar-refractivity contribution is 0.653. The van der Waals surface area contributed by atoms with E-state index < -0.39 is 0 Å². The lowest BCUT2D eigenvalue weighted by Crippen LogP contribution is -2.13. The predicted octanol–water partition coefficient (Wildman–Crippen LogP) is 11.4. The lowest BCUT2D eigenvalue weighted by atomic mass is 10.0. The zero-order chi connectivity index (χ0) is 33.0. The minimum atomic E-state index is 0.471. The molecule has 0 amide bonds. The third-order valence-electron chi connectivity index (χ3n) is 9.37. The molecule has 4 heterocycles. The summed E-state index contributed by atoms with van der Waals surface area (Å²) in [5.41, 5.74) is 8.92. The molecule has 234 valence electrons. The summed E-state index contributed by atoms with van der Waals surface area (Å²) in [5, 5.41) is 6.54. The maximum Gasteiger partial charge on any atom is 0.237 e. The van der Waals surface area contributed by atoms with Crippen molar-refractivity contribution in [3.05, 3.63) is 164 Å². The molecular weight excluding hydrogens is 615 g/mol. The second-order valence-corrected chi connectivity index (χ2v) is 12.4. The van der Waals surface area contributed by atoms with Gasteiger partial charge in [0.05, 0.1) is 5.39 Å². The van der Waals surface area contributed by atoms with E-state index in [0.717, 1.165) is 44.4 Å². The number of aromatic nitrogens is 4. The average Bonchev–Trinajstić information content (AvgIpc) is 3.53. The van der Waals surface area contributed by atoms with Gasteiger partial charge in [0.2, 0.25) is 11.7 Å². The van der Waals surface area contributed by atoms with Gasteiger partial charge >= 0.3 is 0 Å². The molecule has 6 heteroatoms. The molecule has 0 atom stereocenters. The molecule has 0 bridgehead atoms. The third kappa shape index (κ3) is 4.81. The van der Waals surface area contributed by atoms with Crippen molar-refractivity contribution in [2.75, 3.05) is 4.90 Å². The number of nitrogens with zero attached hydrogens (tertiary/aromatic N) is 5. The minimum Gasteiger partial charge on any atom is -0.436 e. The van der Waals surface area contributed by atoms with Crippen LogP contribution in [0.3, 0.4) is 0 Å². The van der Waals surface area contributed by atoms with Gasteiger partial charge in [-0.2, -0.15) is 4.98 Å². The third-order valence-corrected chi connectivity index (χ3v) is 9.37. The zero-order valence-electron chi connectivity index (χ0n) is 26.7. The molecule has 0 radical (unpaired) electrons. The number of benzene rings is 6. The molecule has 10 rings (SSSR count). The molecule has 0 spiro atoms. The van der Waals surface area contributed by atoms with Crippen LogP contribution in [0.15, 0.2) is 168 Å². The Kier molecular flexibility index (Phi) is 6.39. The lowest BCUT2D eigenvalue weighted by Gasteiger charge is -2.23. The maximum atomic E-state index is 6.28. The van der Waals surface area contributed by atoms with E-state index in [0.29, 0.717) is 28.4 Å². The van der Waals surface area contributed by atoms with Crippen LogP contribution in [0, 0.1) is 0 Å². The van der Waals surface area contributed by atoms with E-state index in [4.69, 9.17) is 19.4 Å². The fourth-order valence-electron chi connectivity index (χ4n) is 6.79. The fourth-order valence-corrected chi connectivity index (χ4v) is 6.79. The molecule has 0 fully saturated rings. The van der Waals surface area contributed by atoms with Gasteiger partial charge in [-0.3, -0.25) is 4.90 Å². The highest BCUT2D eigenvalue weighted by Gasteiger charge is 2.20. The van der Waals surface area contributed by atoms with E-state index in [1.165, 1.54) is 21.5 Å². The Labute approximate surface area is 287 Å². The van der Waals surface area contributed by atoms with Gasteiger partial charge < -0.3 is 4.42 Å². The van der Waals surface area contributed by atoms with Crippen molar-refractivity contribution >= 4 is 72.1 Å².